The molecule has 0 bridgehead atoms. The van der Waals surface area contributed by atoms with Crippen LogP contribution in [0.2, 0.25) is 0 Å². The molecule has 3 rings (SSSR count). The van der Waals surface area contributed by atoms with Crippen LogP contribution >= 0.6 is 0 Å². The highest BCUT2D eigenvalue weighted by molar-refractivity contribution is 5.87. The van der Waals surface area contributed by atoms with Gasteiger partial charge in [0.15, 0.2) is 6.10 Å². The smallest absolute Gasteiger partial charge is 0.331 e. The molecule has 166 valence electrons. The summed E-state index contributed by atoms with van der Waals surface area (Å²) in [5, 5.41) is 58.6. The van der Waals surface area contributed by atoms with Gasteiger partial charge in [0.1, 0.15) is 41.3 Å². The largest absolute Gasteiger partial charge is 0.508 e. The summed E-state index contributed by atoms with van der Waals surface area (Å²) in [5.74, 6) is -1.44. The molecule has 1 heterocycles. The first kappa shape index (κ1) is 22.4. The lowest BCUT2D eigenvalue weighted by Crippen LogP contribution is -2.61. The van der Waals surface area contributed by atoms with Crippen molar-refractivity contribution < 1.29 is 49.6 Å². The van der Waals surface area contributed by atoms with Gasteiger partial charge in [-0.25, -0.2) is 4.79 Å². The van der Waals surface area contributed by atoms with Gasteiger partial charge in [0, 0.05) is 24.3 Å². The van der Waals surface area contributed by atoms with Crippen molar-refractivity contribution >= 4 is 12.0 Å². The Kier molecular flexibility index (Phi) is 6.98. The summed E-state index contributed by atoms with van der Waals surface area (Å²) >= 11 is 0. The van der Waals surface area contributed by atoms with Crippen LogP contribution in [-0.2, 0) is 14.3 Å². The van der Waals surface area contributed by atoms with E-state index < -0.39 is 43.3 Å². The van der Waals surface area contributed by atoms with Crippen LogP contribution in [0.15, 0.2) is 48.5 Å². The number of phenols is 3. The van der Waals surface area contributed by atoms with Crippen LogP contribution < -0.4 is 4.74 Å². The number of benzene rings is 2. The number of hydrogen-bond donors (Lipinski definition) is 6. The molecule has 0 saturated carbocycles. The second-order valence-corrected chi connectivity index (χ2v) is 6.84. The summed E-state index contributed by atoms with van der Waals surface area (Å²) in [6.45, 7) is -0.658. The predicted octanol–water partition coefficient (Wildman–Crippen LogP) is 0.246. The van der Waals surface area contributed by atoms with Crippen LogP contribution in [0, 0.1) is 0 Å². The summed E-state index contributed by atoms with van der Waals surface area (Å²) in [7, 11) is 0. The van der Waals surface area contributed by atoms with Crippen molar-refractivity contribution in [2.45, 2.75) is 30.7 Å². The van der Waals surface area contributed by atoms with Crippen LogP contribution in [0.3, 0.4) is 0 Å². The molecule has 1 aliphatic rings. The molecule has 1 fully saturated rings. The fourth-order valence-electron chi connectivity index (χ4n) is 2.99. The van der Waals surface area contributed by atoms with E-state index in [4.69, 9.17) is 14.2 Å². The number of aromatic hydroxyl groups is 3. The van der Waals surface area contributed by atoms with Gasteiger partial charge in [-0.05, 0) is 23.8 Å². The van der Waals surface area contributed by atoms with E-state index >= 15 is 0 Å². The van der Waals surface area contributed by atoms with Crippen LogP contribution in [-0.4, -0.2) is 73.9 Å². The SMILES string of the molecule is O=C(/C=C/c1ccc(O)cc1)O[C@H]1[C@H](O)[C@@H](O)[C@H](Oc2cc(O)cc(O)c2)O[C@@H]1CO. The molecule has 1 saturated heterocycles. The quantitative estimate of drug-likeness (QED) is 0.274. The molecule has 0 spiro atoms. The molecule has 1 aliphatic heterocycles. The van der Waals surface area contributed by atoms with Crippen molar-refractivity contribution in [2.24, 2.45) is 0 Å². The van der Waals surface area contributed by atoms with Crippen LogP contribution in [0.5, 0.6) is 23.0 Å². The Balaban J connectivity index is 1.66. The molecule has 0 aliphatic carbocycles. The molecule has 2 aromatic carbocycles. The lowest BCUT2D eigenvalue weighted by molar-refractivity contribution is -0.280. The van der Waals surface area contributed by atoms with E-state index in [0.29, 0.717) is 5.56 Å². The highest BCUT2D eigenvalue weighted by atomic mass is 16.7. The monoisotopic (exact) mass is 434 g/mol. The first-order valence-electron chi connectivity index (χ1n) is 9.26. The van der Waals surface area contributed by atoms with Gasteiger partial charge in [-0.15, -0.1) is 0 Å². The molecular weight excluding hydrogens is 412 g/mol. The second-order valence-electron chi connectivity index (χ2n) is 6.84. The van der Waals surface area contributed by atoms with E-state index in [-0.39, 0.29) is 23.0 Å². The number of esters is 1. The number of carbonyl (C=O) groups excluding carboxylic acids is 1. The summed E-state index contributed by atoms with van der Waals surface area (Å²) < 4.78 is 15.9. The zero-order valence-electron chi connectivity index (χ0n) is 16.1. The van der Waals surface area contributed by atoms with Crippen molar-refractivity contribution in [2.75, 3.05) is 6.61 Å². The summed E-state index contributed by atoms with van der Waals surface area (Å²) in [6.07, 6.45) is -4.93. The molecule has 0 unspecified atom stereocenters. The summed E-state index contributed by atoms with van der Waals surface area (Å²) in [4.78, 5) is 12.1. The third-order valence-corrected chi connectivity index (χ3v) is 4.51. The number of hydrogen-bond acceptors (Lipinski definition) is 10. The fraction of sp³-hybridized carbons (Fsp3) is 0.286. The Labute approximate surface area is 176 Å². The first-order valence-corrected chi connectivity index (χ1v) is 9.26. The lowest BCUT2D eigenvalue weighted by Gasteiger charge is -2.41. The van der Waals surface area contributed by atoms with Gasteiger partial charge in [-0.2, -0.15) is 0 Å². The molecule has 10 nitrogen and oxygen atoms in total. The standard InChI is InChI=1S/C21H22O10/c22-10-16-20(31-17(26)6-3-11-1-4-12(23)5-2-11)18(27)19(28)21(30-16)29-15-8-13(24)7-14(25)9-15/h1-9,16,18-25,27-28H,10H2/b6-3+/t16-,18-,19-,20-,21-/m1/s1. The molecule has 0 amide bonds. The van der Waals surface area contributed by atoms with E-state index in [1.807, 2.05) is 0 Å². The average Bonchev–Trinajstić information content (AvgIpc) is 2.72. The van der Waals surface area contributed by atoms with Crippen LogP contribution in [0.1, 0.15) is 5.56 Å². The third kappa shape index (κ3) is 5.64. The van der Waals surface area contributed by atoms with E-state index in [9.17, 15) is 35.4 Å². The summed E-state index contributed by atoms with van der Waals surface area (Å²) in [5.41, 5.74) is 0.608. The van der Waals surface area contributed by atoms with Gasteiger partial charge in [-0.3, -0.25) is 0 Å². The molecule has 6 N–H and O–H groups in total. The Morgan fingerprint density at radius 2 is 1.61 bits per heavy atom. The summed E-state index contributed by atoms with van der Waals surface area (Å²) in [6, 6.07) is 9.38. The van der Waals surface area contributed by atoms with E-state index in [1.165, 1.54) is 18.2 Å². The average molecular weight is 434 g/mol. The predicted molar refractivity (Wildman–Crippen MR) is 105 cm³/mol. The van der Waals surface area contributed by atoms with Crippen molar-refractivity contribution in [3.63, 3.8) is 0 Å². The van der Waals surface area contributed by atoms with Crippen molar-refractivity contribution in [1.82, 2.24) is 0 Å². The molecule has 0 aromatic heterocycles. The molecule has 0 radical (unpaired) electrons. The van der Waals surface area contributed by atoms with Gasteiger partial charge in [0.05, 0.1) is 6.61 Å². The molecule has 10 heteroatoms. The van der Waals surface area contributed by atoms with Crippen LogP contribution in [0.25, 0.3) is 6.08 Å². The van der Waals surface area contributed by atoms with Gasteiger partial charge < -0.3 is 44.8 Å². The minimum absolute atomic E-state index is 0.0577. The third-order valence-electron chi connectivity index (χ3n) is 4.51. The molecular formula is C21H22O10. The maximum Gasteiger partial charge on any atom is 0.331 e. The van der Waals surface area contributed by atoms with E-state index in [1.54, 1.807) is 12.1 Å². The second kappa shape index (κ2) is 9.67. The number of rotatable bonds is 6. The Hall–Kier alpha value is -3.31. The minimum Gasteiger partial charge on any atom is -0.508 e. The van der Waals surface area contributed by atoms with E-state index in [2.05, 4.69) is 0 Å². The zero-order valence-corrected chi connectivity index (χ0v) is 16.1. The maximum atomic E-state index is 12.1. The van der Waals surface area contributed by atoms with Crippen LogP contribution in [0.4, 0.5) is 0 Å². The highest BCUT2D eigenvalue weighted by Crippen LogP contribution is 2.30. The van der Waals surface area contributed by atoms with Crippen molar-refractivity contribution in [3.8, 4) is 23.0 Å². The Bertz CT molecular complexity index is 904. The van der Waals surface area contributed by atoms with Crippen molar-refractivity contribution in [1.29, 1.82) is 0 Å². The number of aliphatic hydroxyl groups is 3. The molecule has 5 atom stereocenters. The zero-order chi connectivity index (χ0) is 22.5. The van der Waals surface area contributed by atoms with Crippen molar-refractivity contribution in [3.05, 3.63) is 54.1 Å². The molecule has 31 heavy (non-hydrogen) atoms. The lowest BCUT2D eigenvalue weighted by atomic mass is 9.99. The van der Waals surface area contributed by atoms with E-state index in [0.717, 1.165) is 24.3 Å². The normalized spacial score (nSPS) is 26.0. The van der Waals surface area contributed by atoms with Gasteiger partial charge >= 0.3 is 5.97 Å². The Morgan fingerprint density at radius 3 is 2.23 bits per heavy atom. The van der Waals surface area contributed by atoms with Gasteiger partial charge in [0.25, 0.3) is 0 Å². The topological polar surface area (TPSA) is 166 Å². The highest BCUT2D eigenvalue weighted by Gasteiger charge is 2.47. The molecule has 2 aromatic rings. The number of aliphatic hydroxyl groups excluding tert-OH is 3. The number of phenolic OH excluding ortho intramolecular Hbond substituents is 3. The maximum absolute atomic E-state index is 12.1. The van der Waals surface area contributed by atoms with Gasteiger partial charge in [-0.1, -0.05) is 12.1 Å². The number of carbonyl (C=O) groups is 1. The first-order chi connectivity index (χ1) is 14.8. The fourth-order valence-corrected chi connectivity index (χ4v) is 2.99. The Morgan fingerprint density at radius 1 is 0.968 bits per heavy atom. The van der Waals surface area contributed by atoms with Gasteiger partial charge in [0.2, 0.25) is 6.29 Å². The minimum atomic E-state index is -1.67. The number of ether oxygens (including phenoxy) is 3.